The van der Waals surface area contributed by atoms with E-state index in [-0.39, 0.29) is 11.5 Å². The number of aromatic amines is 1. The summed E-state index contributed by atoms with van der Waals surface area (Å²) in [4.78, 5) is 19.6. The average molecular weight is 219 g/mol. The van der Waals surface area contributed by atoms with Gasteiger partial charge in [0, 0.05) is 11.3 Å². The van der Waals surface area contributed by atoms with Crippen molar-refractivity contribution in [2.24, 2.45) is 0 Å². The number of nitrogens with zero attached hydrogens (tertiary/aromatic N) is 2. The van der Waals surface area contributed by atoms with E-state index in [1.165, 1.54) is 0 Å². The van der Waals surface area contributed by atoms with Gasteiger partial charge in [-0.05, 0) is 11.8 Å². The van der Waals surface area contributed by atoms with Gasteiger partial charge < -0.3 is 4.98 Å². The molecule has 0 saturated carbocycles. The molecule has 2 heterocycles. The van der Waals surface area contributed by atoms with Crippen LogP contribution in [0.4, 0.5) is 0 Å². The van der Waals surface area contributed by atoms with Crippen LogP contribution in [0.1, 0.15) is 50.8 Å². The molecule has 2 aromatic rings. The Kier molecular flexibility index (Phi) is 2.58. The Labute approximate surface area is 94.3 Å². The number of hydrogen-bond acceptors (Lipinski definition) is 2. The highest BCUT2D eigenvalue weighted by Gasteiger charge is 2.16. The molecule has 0 amide bonds. The molecule has 86 valence electrons. The molecule has 0 spiro atoms. The molecule has 1 N–H and O–H groups in total. The fourth-order valence-electron chi connectivity index (χ4n) is 2.01. The third-order valence-electron chi connectivity index (χ3n) is 2.80. The second kappa shape index (κ2) is 3.77. The molecule has 0 bridgehead atoms. The number of hydrogen-bond donors (Lipinski definition) is 1. The largest absolute Gasteiger partial charge is 0.343 e. The van der Waals surface area contributed by atoms with E-state index >= 15 is 0 Å². The van der Waals surface area contributed by atoms with Crippen LogP contribution in [0.25, 0.3) is 5.65 Å². The Bertz CT molecular complexity index is 563. The highest BCUT2D eigenvalue weighted by atomic mass is 16.1. The van der Waals surface area contributed by atoms with Gasteiger partial charge in [-0.3, -0.25) is 9.20 Å². The molecule has 0 radical (unpaired) electrons. The van der Waals surface area contributed by atoms with Crippen molar-refractivity contribution in [2.75, 3.05) is 0 Å². The summed E-state index contributed by atoms with van der Waals surface area (Å²) in [6, 6.07) is 0. The van der Waals surface area contributed by atoms with Crippen molar-refractivity contribution in [1.29, 1.82) is 0 Å². The molecule has 0 fully saturated rings. The zero-order valence-corrected chi connectivity index (χ0v) is 10.1. The Hall–Kier alpha value is -1.58. The topological polar surface area (TPSA) is 50.2 Å². The zero-order valence-electron chi connectivity index (χ0n) is 10.1. The first-order chi connectivity index (χ1) is 7.52. The molecule has 0 aliphatic heterocycles. The number of aromatic nitrogens is 3. The molecule has 2 rings (SSSR count). The molecule has 0 saturated heterocycles. The van der Waals surface area contributed by atoms with Crippen LogP contribution in [0.5, 0.6) is 0 Å². The van der Waals surface area contributed by atoms with E-state index in [0.29, 0.717) is 5.92 Å². The minimum Gasteiger partial charge on any atom is -0.343 e. The van der Waals surface area contributed by atoms with Crippen LogP contribution < -0.4 is 5.56 Å². The normalized spacial score (nSPS) is 11.9. The van der Waals surface area contributed by atoms with Crippen LogP contribution >= 0.6 is 0 Å². The fourth-order valence-corrected chi connectivity index (χ4v) is 2.01. The lowest BCUT2D eigenvalue weighted by Crippen LogP contribution is -2.22. The van der Waals surface area contributed by atoms with Gasteiger partial charge in [-0.2, -0.15) is 0 Å². The quantitative estimate of drug-likeness (QED) is 0.842. The highest BCUT2D eigenvalue weighted by Crippen LogP contribution is 2.21. The van der Waals surface area contributed by atoms with Gasteiger partial charge in [0.1, 0.15) is 12.0 Å². The van der Waals surface area contributed by atoms with Crippen LogP contribution in [0, 0.1) is 0 Å². The number of fused-ring (bicyclic) bond motifs is 1. The number of rotatable bonds is 2. The van der Waals surface area contributed by atoms with Crippen molar-refractivity contribution in [1.82, 2.24) is 14.4 Å². The number of imidazole rings is 1. The van der Waals surface area contributed by atoms with Gasteiger partial charge in [0.15, 0.2) is 0 Å². The van der Waals surface area contributed by atoms with Crippen molar-refractivity contribution in [3.05, 3.63) is 34.1 Å². The standard InChI is InChI=1S/C12H17N3O/c1-7(2)10-11(8(3)4)14-9-5-13-6-15(9)12(10)16/h5-8,14H,1-4H3. The maximum atomic E-state index is 12.3. The SMILES string of the molecule is CC(C)c1[nH]c2cncn2c(=O)c1C(C)C. The summed E-state index contributed by atoms with van der Waals surface area (Å²) in [6.07, 6.45) is 3.24. The minimum atomic E-state index is 0.0463. The fraction of sp³-hybridized carbons (Fsp3) is 0.500. The van der Waals surface area contributed by atoms with E-state index < -0.39 is 0 Å². The Balaban J connectivity index is 2.86. The molecule has 16 heavy (non-hydrogen) atoms. The van der Waals surface area contributed by atoms with E-state index in [0.717, 1.165) is 16.9 Å². The van der Waals surface area contributed by atoms with Crippen LogP contribution in [-0.4, -0.2) is 14.4 Å². The second-order valence-electron chi connectivity index (χ2n) is 4.72. The number of H-pyrrole nitrogens is 1. The Morgan fingerprint density at radius 1 is 1.25 bits per heavy atom. The summed E-state index contributed by atoms with van der Waals surface area (Å²) in [6.45, 7) is 8.26. The molecule has 0 aromatic carbocycles. The molecule has 0 unspecified atom stereocenters. The van der Waals surface area contributed by atoms with Crippen molar-refractivity contribution in [2.45, 2.75) is 39.5 Å². The third-order valence-corrected chi connectivity index (χ3v) is 2.80. The van der Waals surface area contributed by atoms with Gasteiger partial charge in [-0.25, -0.2) is 4.98 Å². The van der Waals surface area contributed by atoms with E-state index in [1.54, 1.807) is 16.9 Å². The molecule has 2 aromatic heterocycles. The first-order valence-electron chi connectivity index (χ1n) is 5.60. The van der Waals surface area contributed by atoms with Crippen molar-refractivity contribution < 1.29 is 0 Å². The highest BCUT2D eigenvalue weighted by molar-refractivity contribution is 5.40. The van der Waals surface area contributed by atoms with Crippen LogP contribution in [-0.2, 0) is 0 Å². The predicted octanol–water partition coefficient (Wildman–Crippen LogP) is 2.27. The van der Waals surface area contributed by atoms with Crippen molar-refractivity contribution >= 4 is 5.65 Å². The van der Waals surface area contributed by atoms with E-state index in [9.17, 15) is 4.79 Å². The first kappa shape index (κ1) is 10.9. The lowest BCUT2D eigenvalue weighted by molar-refractivity contribution is 0.737. The van der Waals surface area contributed by atoms with Gasteiger partial charge >= 0.3 is 0 Å². The molecule has 0 aliphatic rings. The third kappa shape index (κ3) is 1.54. The summed E-state index contributed by atoms with van der Waals surface area (Å²) >= 11 is 0. The van der Waals surface area contributed by atoms with Crippen LogP contribution in [0.2, 0.25) is 0 Å². The molecule has 4 nitrogen and oxygen atoms in total. The van der Waals surface area contributed by atoms with E-state index in [4.69, 9.17) is 0 Å². The Morgan fingerprint density at radius 2 is 1.94 bits per heavy atom. The van der Waals surface area contributed by atoms with E-state index in [1.807, 2.05) is 13.8 Å². The first-order valence-corrected chi connectivity index (χ1v) is 5.60. The molecule has 0 aliphatic carbocycles. The van der Waals surface area contributed by atoms with Crippen LogP contribution in [0.15, 0.2) is 17.3 Å². The van der Waals surface area contributed by atoms with Gasteiger partial charge in [-0.15, -0.1) is 0 Å². The van der Waals surface area contributed by atoms with Gasteiger partial charge in [0.05, 0.1) is 6.20 Å². The number of nitrogens with one attached hydrogen (secondary N) is 1. The summed E-state index contributed by atoms with van der Waals surface area (Å²) in [5, 5.41) is 0. The van der Waals surface area contributed by atoms with E-state index in [2.05, 4.69) is 23.8 Å². The average Bonchev–Trinajstić information content (AvgIpc) is 2.64. The lowest BCUT2D eigenvalue weighted by Gasteiger charge is -2.15. The van der Waals surface area contributed by atoms with Gasteiger partial charge in [0.2, 0.25) is 0 Å². The monoisotopic (exact) mass is 219 g/mol. The summed E-state index contributed by atoms with van der Waals surface area (Å²) < 4.78 is 1.57. The molecular weight excluding hydrogens is 202 g/mol. The Morgan fingerprint density at radius 3 is 2.50 bits per heavy atom. The molecule has 4 heteroatoms. The maximum absolute atomic E-state index is 12.3. The second-order valence-corrected chi connectivity index (χ2v) is 4.72. The van der Waals surface area contributed by atoms with Gasteiger partial charge in [-0.1, -0.05) is 27.7 Å². The minimum absolute atomic E-state index is 0.0463. The summed E-state index contributed by atoms with van der Waals surface area (Å²) in [7, 11) is 0. The summed E-state index contributed by atoms with van der Waals surface area (Å²) in [5.74, 6) is 0.526. The smallest absolute Gasteiger partial charge is 0.262 e. The summed E-state index contributed by atoms with van der Waals surface area (Å²) in [5.41, 5.74) is 2.69. The van der Waals surface area contributed by atoms with Crippen LogP contribution in [0.3, 0.4) is 0 Å². The lowest BCUT2D eigenvalue weighted by atomic mass is 9.96. The predicted molar refractivity (Wildman–Crippen MR) is 64.0 cm³/mol. The van der Waals surface area contributed by atoms with Gasteiger partial charge in [0.25, 0.3) is 5.56 Å². The van der Waals surface area contributed by atoms with Crippen molar-refractivity contribution in [3.8, 4) is 0 Å². The zero-order chi connectivity index (χ0) is 11.9. The maximum Gasteiger partial charge on any atom is 0.262 e. The molecular formula is C12H17N3O. The van der Waals surface area contributed by atoms with Crippen molar-refractivity contribution in [3.63, 3.8) is 0 Å². The molecule has 0 atom stereocenters.